The number of carbonyl (C=O) groups excluding carboxylic acids is 1. The monoisotopic (exact) mass is 564 g/mol. The highest BCUT2D eigenvalue weighted by Crippen LogP contribution is 2.42. The minimum absolute atomic E-state index is 0.134. The highest BCUT2D eigenvalue weighted by Gasteiger charge is 2.51. The number of nitrogens with zero attached hydrogens (tertiary/aromatic N) is 3. The van der Waals surface area contributed by atoms with E-state index in [1.807, 2.05) is 0 Å². The van der Waals surface area contributed by atoms with Gasteiger partial charge < -0.3 is 19.7 Å². The number of nitrogens with one attached hydrogen (secondary N) is 1. The molecule has 4 rings (SSSR count). The molecule has 0 unspecified atom stereocenters. The normalized spacial score (nSPS) is 22.2. The molecule has 15 heteroatoms. The van der Waals surface area contributed by atoms with Gasteiger partial charge in [0.05, 0.1) is 30.2 Å². The van der Waals surface area contributed by atoms with E-state index in [1.165, 1.54) is 11.1 Å². The number of alkyl carbamates (subject to hydrolysis) is 1. The number of fused-ring (bicyclic) bond motifs is 1. The molecule has 3 atom stereocenters. The lowest BCUT2D eigenvalue weighted by Crippen LogP contribution is -2.50. The van der Waals surface area contributed by atoms with Crippen molar-refractivity contribution >= 4 is 16.1 Å². The Balaban J connectivity index is 1.75. The van der Waals surface area contributed by atoms with E-state index in [0.29, 0.717) is 11.6 Å². The van der Waals surface area contributed by atoms with Crippen LogP contribution in [0.4, 0.5) is 26.7 Å². The zero-order chi connectivity index (χ0) is 28.2. The fourth-order valence-electron chi connectivity index (χ4n) is 4.22. The standard InChI is InChI=1S/C23H25F5N4O5S/c1-22(2,3)37-21(33)29-16-8-18(31-9-12-10-32(38(4,34)35)30-17(12)11-31)20(23(26,27)28)36-19(16)14-7-13(24)5-6-15(14)25/h5-8,10,16,19-20H,9,11H2,1-4H3,(H,29,33)/t16-,19+,20+/m0/s1. The molecule has 208 valence electrons. The van der Waals surface area contributed by atoms with Crippen LogP contribution in [0.25, 0.3) is 0 Å². The predicted octanol–water partition coefficient (Wildman–Crippen LogP) is 3.76. The molecule has 0 saturated heterocycles. The molecule has 0 fully saturated rings. The largest absolute Gasteiger partial charge is 0.444 e. The topological polar surface area (TPSA) is 103 Å². The average molecular weight is 565 g/mol. The van der Waals surface area contributed by atoms with Crippen LogP contribution < -0.4 is 5.32 Å². The molecule has 0 spiro atoms. The maximum Gasteiger partial charge on any atom is 0.420 e. The van der Waals surface area contributed by atoms with Crippen molar-refractivity contribution in [2.45, 2.75) is 63.9 Å². The second kappa shape index (κ2) is 9.52. The van der Waals surface area contributed by atoms with E-state index in [-0.39, 0.29) is 18.8 Å². The summed E-state index contributed by atoms with van der Waals surface area (Å²) >= 11 is 0. The Bertz CT molecular complexity index is 1360. The number of carbonyl (C=O) groups is 1. The smallest absolute Gasteiger partial charge is 0.420 e. The molecule has 1 aromatic heterocycles. The van der Waals surface area contributed by atoms with Gasteiger partial charge in [0.25, 0.3) is 10.0 Å². The van der Waals surface area contributed by atoms with Crippen molar-refractivity contribution in [1.29, 1.82) is 0 Å². The van der Waals surface area contributed by atoms with Crippen LogP contribution in [-0.4, -0.2) is 58.8 Å². The Hall–Kier alpha value is -3.20. The van der Waals surface area contributed by atoms with Gasteiger partial charge in [-0.3, -0.25) is 0 Å². The van der Waals surface area contributed by atoms with Gasteiger partial charge in [0.1, 0.15) is 23.3 Å². The third-order valence-electron chi connectivity index (χ3n) is 5.74. The number of hydrogen-bond donors (Lipinski definition) is 1. The van der Waals surface area contributed by atoms with Crippen LogP contribution in [0.2, 0.25) is 0 Å². The number of ether oxygens (including phenoxy) is 2. The van der Waals surface area contributed by atoms with Crippen molar-refractivity contribution in [2.75, 3.05) is 6.26 Å². The highest BCUT2D eigenvalue weighted by atomic mass is 32.2. The van der Waals surface area contributed by atoms with E-state index in [0.717, 1.165) is 28.6 Å². The van der Waals surface area contributed by atoms with E-state index in [2.05, 4.69) is 10.4 Å². The zero-order valence-electron chi connectivity index (χ0n) is 20.7. The molecule has 2 aliphatic rings. The minimum atomic E-state index is -4.97. The Morgan fingerprint density at radius 2 is 1.87 bits per heavy atom. The van der Waals surface area contributed by atoms with E-state index in [1.54, 1.807) is 20.8 Å². The molecule has 2 aromatic rings. The van der Waals surface area contributed by atoms with E-state index >= 15 is 0 Å². The first-order valence-electron chi connectivity index (χ1n) is 11.3. The number of alkyl halides is 3. The number of halogens is 5. The van der Waals surface area contributed by atoms with Crippen LogP contribution in [0.3, 0.4) is 0 Å². The van der Waals surface area contributed by atoms with Gasteiger partial charge in [0, 0.05) is 23.9 Å². The molecule has 0 bridgehead atoms. The summed E-state index contributed by atoms with van der Waals surface area (Å²) < 4.78 is 106. The third kappa shape index (κ3) is 5.93. The lowest BCUT2D eigenvalue weighted by molar-refractivity contribution is -0.232. The third-order valence-corrected chi connectivity index (χ3v) is 6.60. The molecule has 3 heterocycles. The van der Waals surface area contributed by atoms with Gasteiger partial charge in [0.15, 0.2) is 6.10 Å². The molecule has 2 aliphatic heterocycles. The van der Waals surface area contributed by atoms with Gasteiger partial charge in [0.2, 0.25) is 0 Å². The van der Waals surface area contributed by atoms with Crippen molar-refractivity contribution in [1.82, 2.24) is 19.4 Å². The van der Waals surface area contributed by atoms with Crippen LogP contribution in [0.15, 0.2) is 36.2 Å². The molecule has 1 N–H and O–H groups in total. The summed E-state index contributed by atoms with van der Waals surface area (Å²) in [5.41, 5.74) is -1.26. The van der Waals surface area contributed by atoms with Crippen molar-refractivity contribution in [2.24, 2.45) is 0 Å². The van der Waals surface area contributed by atoms with Gasteiger partial charge in [-0.25, -0.2) is 22.0 Å². The predicted molar refractivity (Wildman–Crippen MR) is 123 cm³/mol. The summed E-state index contributed by atoms with van der Waals surface area (Å²) in [6.45, 7) is 4.41. The molecule has 1 aromatic carbocycles. The maximum absolute atomic E-state index is 14.7. The van der Waals surface area contributed by atoms with Gasteiger partial charge in [-0.15, -0.1) is 0 Å². The second-order valence-corrected chi connectivity index (χ2v) is 11.8. The lowest BCUT2D eigenvalue weighted by Gasteiger charge is -2.40. The fourth-order valence-corrected chi connectivity index (χ4v) is 4.78. The van der Waals surface area contributed by atoms with E-state index in [4.69, 9.17) is 9.47 Å². The summed E-state index contributed by atoms with van der Waals surface area (Å²) in [7, 11) is -3.70. The maximum atomic E-state index is 14.7. The van der Waals surface area contributed by atoms with Crippen molar-refractivity contribution in [3.8, 4) is 0 Å². The van der Waals surface area contributed by atoms with Crippen LogP contribution in [0.1, 0.15) is 43.7 Å². The summed E-state index contributed by atoms with van der Waals surface area (Å²) in [6.07, 6.45) is -7.11. The van der Waals surface area contributed by atoms with Crippen molar-refractivity contribution < 1.29 is 44.6 Å². The van der Waals surface area contributed by atoms with Gasteiger partial charge in [-0.1, -0.05) is 0 Å². The molecular weight excluding hydrogens is 539 g/mol. The van der Waals surface area contributed by atoms with Gasteiger partial charge in [-0.2, -0.15) is 22.4 Å². The first kappa shape index (κ1) is 27.8. The fraction of sp³-hybridized carbons (Fsp3) is 0.478. The van der Waals surface area contributed by atoms with Gasteiger partial charge >= 0.3 is 12.3 Å². The van der Waals surface area contributed by atoms with Crippen LogP contribution in [0.5, 0.6) is 0 Å². The van der Waals surface area contributed by atoms with E-state index < -0.39 is 69.0 Å². The van der Waals surface area contributed by atoms with Gasteiger partial charge in [-0.05, 0) is 45.0 Å². The molecular formula is C23H25F5N4O5S. The molecule has 0 saturated carbocycles. The Morgan fingerprint density at radius 1 is 1.18 bits per heavy atom. The molecule has 1 amide bonds. The SMILES string of the molecule is CC(C)(C)OC(=O)N[C@H]1C=C(N2Cc3cn(S(C)(=O)=O)nc3C2)[C@H](C(F)(F)F)O[C@@H]1c1cc(F)ccc1F. The number of amides is 1. The van der Waals surface area contributed by atoms with Crippen molar-refractivity contribution in [3.63, 3.8) is 0 Å². The van der Waals surface area contributed by atoms with E-state index in [9.17, 15) is 35.2 Å². The van der Waals surface area contributed by atoms with Crippen LogP contribution in [-0.2, 0) is 32.6 Å². The Morgan fingerprint density at radius 3 is 2.45 bits per heavy atom. The van der Waals surface area contributed by atoms with Crippen LogP contribution >= 0.6 is 0 Å². The molecule has 0 radical (unpaired) electrons. The van der Waals surface area contributed by atoms with Crippen molar-refractivity contribution in [3.05, 3.63) is 64.6 Å². The number of aromatic nitrogens is 2. The quantitative estimate of drug-likeness (QED) is 0.565. The summed E-state index contributed by atoms with van der Waals surface area (Å²) in [6, 6.07) is 0.867. The Kier molecular flexibility index (Phi) is 6.97. The molecule has 0 aliphatic carbocycles. The summed E-state index contributed by atoms with van der Waals surface area (Å²) in [5, 5.41) is 6.34. The highest BCUT2D eigenvalue weighted by molar-refractivity contribution is 7.89. The number of rotatable bonds is 4. The Labute approximate surface area is 215 Å². The lowest BCUT2D eigenvalue weighted by atomic mass is 9.95. The number of hydrogen-bond acceptors (Lipinski definition) is 7. The first-order valence-corrected chi connectivity index (χ1v) is 13.2. The van der Waals surface area contributed by atoms with Crippen LogP contribution in [0, 0.1) is 11.6 Å². The second-order valence-electron chi connectivity index (χ2n) is 10.0. The minimum Gasteiger partial charge on any atom is -0.444 e. The summed E-state index contributed by atoms with van der Waals surface area (Å²) in [4.78, 5) is 13.8. The first-order chi connectivity index (χ1) is 17.4. The molecule has 38 heavy (non-hydrogen) atoms. The summed E-state index contributed by atoms with van der Waals surface area (Å²) in [5.74, 6) is -1.94. The zero-order valence-corrected chi connectivity index (χ0v) is 21.5. The molecule has 9 nitrogen and oxygen atoms in total. The number of benzene rings is 1. The average Bonchev–Trinajstić information content (AvgIpc) is 3.32.